The summed E-state index contributed by atoms with van der Waals surface area (Å²) in [5, 5.41) is 0. The minimum atomic E-state index is 0.829. The first kappa shape index (κ1) is 23.0. The summed E-state index contributed by atoms with van der Waals surface area (Å²) < 4.78 is 7.08. The molecule has 0 radical (unpaired) electrons. The highest BCUT2D eigenvalue weighted by Gasteiger charge is 2.29. The van der Waals surface area contributed by atoms with Gasteiger partial charge >= 0.3 is 0 Å². The number of hydrogen-bond acceptors (Lipinski definition) is 1. The van der Waals surface area contributed by atoms with Crippen LogP contribution in [0.5, 0.6) is 0 Å². The SMILES string of the molecule is CCCCCCCCCCCCCCOC[N+](C)(C)C1CCCCC1. The molecule has 0 atom stereocenters. The molecule has 0 aliphatic heterocycles. The molecule has 1 rings (SSSR count). The minimum Gasteiger partial charge on any atom is -0.332 e. The quantitative estimate of drug-likeness (QED) is 0.164. The molecule has 0 aromatic carbocycles. The van der Waals surface area contributed by atoms with Crippen molar-refractivity contribution in [3.63, 3.8) is 0 Å². The molecule has 0 N–H and O–H groups in total. The molecule has 0 aromatic rings. The molecule has 0 heterocycles. The maximum atomic E-state index is 6.02. The van der Waals surface area contributed by atoms with Crippen molar-refractivity contribution >= 4 is 0 Å². The first-order chi connectivity index (χ1) is 12.2. The zero-order valence-corrected chi connectivity index (χ0v) is 17.9. The molecule has 0 amide bonds. The summed E-state index contributed by atoms with van der Waals surface area (Å²) in [6.45, 7) is 4.16. The number of hydrogen-bond donors (Lipinski definition) is 0. The van der Waals surface area contributed by atoms with Crippen molar-refractivity contribution in [3.05, 3.63) is 0 Å². The lowest BCUT2D eigenvalue weighted by atomic mass is 9.93. The third kappa shape index (κ3) is 12.0. The Morgan fingerprint density at radius 1 is 0.680 bits per heavy atom. The van der Waals surface area contributed by atoms with Crippen molar-refractivity contribution in [1.29, 1.82) is 0 Å². The molecule has 0 unspecified atom stereocenters. The zero-order valence-electron chi connectivity index (χ0n) is 17.9. The minimum absolute atomic E-state index is 0.829. The molecular formula is C23H48NO+. The van der Waals surface area contributed by atoms with Gasteiger partial charge in [-0.15, -0.1) is 0 Å². The summed E-state index contributed by atoms with van der Waals surface area (Å²) in [5.41, 5.74) is 0. The highest BCUT2D eigenvalue weighted by Crippen LogP contribution is 2.25. The predicted molar refractivity (Wildman–Crippen MR) is 111 cm³/mol. The molecule has 150 valence electrons. The molecule has 1 aliphatic carbocycles. The summed E-state index contributed by atoms with van der Waals surface area (Å²) in [6.07, 6.45) is 24.0. The number of quaternary nitrogens is 1. The lowest BCUT2D eigenvalue weighted by Crippen LogP contribution is -2.51. The van der Waals surface area contributed by atoms with Crippen LogP contribution in [0.1, 0.15) is 116 Å². The van der Waals surface area contributed by atoms with E-state index in [4.69, 9.17) is 4.74 Å². The van der Waals surface area contributed by atoms with Gasteiger partial charge in [0.25, 0.3) is 0 Å². The van der Waals surface area contributed by atoms with Gasteiger partial charge in [0.15, 0.2) is 6.73 Å². The Labute approximate surface area is 159 Å². The van der Waals surface area contributed by atoms with Crippen LogP contribution in [0.3, 0.4) is 0 Å². The van der Waals surface area contributed by atoms with Gasteiger partial charge in [0.05, 0.1) is 26.7 Å². The summed E-state index contributed by atoms with van der Waals surface area (Å²) in [4.78, 5) is 0. The van der Waals surface area contributed by atoms with Gasteiger partial charge < -0.3 is 9.22 Å². The third-order valence-electron chi connectivity index (χ3n) is 6.13. The standard InChI is InChI=1S/C23H48NO/c1-4-5-6-7-8-9-10-11-12-13-14-18-21-25-22-24(2,3)23-19-16-15-17-20-23/h23H,4-22H2,1-3H3/q+1. The van der Waals surface area contributed by atoms with Crippen LogP contribution in [-0.4, -0.2) is 38.0 Å². The normalized spacial score (nSPS) is 16.4. The zero-order chi connectivity index (χ0) is 18.2. The molecule has 1 aliphatic rings. The Morgan fingerprint density at radius 3 is 1.68 bits per heavy atom. The van der Waals surface area contributed by atoms with Gasteiger partial charge in [-0.3, -0.25) is 0 Å². The Morgan fingerprint density at radius 2 is 1.16 bits per heavy atom. The lowest BCUT2D eigenvalue weighted by molar-refractivity contribution is -0.934. The molecule has 2 nitrogen and oxygen atoms in total. The van der Waals surface area contributed by atoms with E-state index in [9.17, 15) is 0 Å². The fourth-order valence-corrected chi connectivity index (χ4v) is 4.23. The average Bonchev–Trinajstić information content (AvgIpc) is 2.63. The molecule has 2 heteroatoms. The molecule has 1 saturated carbocycles. The van der Waals surface area contributed by atoms with Crippen LogP contribution in [0.2, 0.25) is 0 Å². The van der Waals surface area contributed by atoms with Crippen molar-refractivity contribution in [2.24, 2.45) is 0 Å². The Kier molecular flexibility index (Phi) is 13.8. The van der Waals surface area contributed by atoms with E-state index in [0.29, 0.717) is 0 Å². The summed E-state index contributed by atoms with van der Waals surface area (Å²) in [6, 6.07) is 0.829. The van der Waals surface area contributed by atoms with E-state index in [1.165, 1.54) is 109 Å². The maximum absolute atomic E-state index is 6.02. The largest absolute Gasteiger partial charge is 0.332 e. The fourth-order valence-electron chi connectivity index (χ4n) is 4.23. The summed E-state index contributed by atoms with van der Waals surface area (Å²) >= 11 is 0. The van der Waals surface area contributed by atoms with E-state index in [-0.39, 0.29) is 0 Å². The molecular weight excluding hydrogens is 306 g/mol. The number of rotatable bonds is 16. The van der Waals surface area contributed by atoms with Gasteiger partial charge in [0.2, 0.25) is 0 Å². The lowest BCUT2D eigenvalue weighted by Gasteiger charge is -2.39. The number of nitrogens with zero attached hydrogens (tertiary/aromatic N) is 1. The van der Waals surface area contributed by atoms with Crippen LogP contribution in [-0.2, 0) is 4.74 Å². The molecule has 0 spiro atoms. The van der Waals surface area contributed by atoms with Crippen LogP contribution in [0, 0.1) is 0 Å². The molecule has 1 fully saturated rings. The van der Waals surface area contributed by atoms with Crippen molar-refractivity contribution in [3.8, 4) is 0 Å². The Hall–Kier alpha value is -0.0800. The second kappa shape index (κ2) is 15.0. The smallest absolute Gasteiger partial charge is 0.182 e. The monoisotopic (exact) mass is 354 g/mol. The number of ether oxygens (including phenoxy) is 1. The maximum Gasteiger partial charge on any atom is 0.182 e. The van der Waals surface area contributed by atoms with Crippen LogP contribution in [0.15, 0.2) is 0 Å². The average molecular weight is 355 g/mol. The van der Waals surface area contributed by atoms with Gasteiger partial charge in [-0.05, 0) is 32.1 Å². The van der Waals surface area contributed by atoms with E-state index >= 15 is 0 Å². The topological polar surface area (TPSA) is 9.23 Å². The first-order valence-corrected chi connectivity index (χ1v) is 11.6. The van der Waals surface area contributed by atoms with Crippen LogP contribution < -0.4 is 0 Å². The second-order valence-corrected chi connectivity index (χ2v) is 9.00. The van der Waals surface area contributed by atoms with Crippen molar-refractivity contribution in [2.75, 3.05) is 27.4 Å². The van der Waals surface area contributed by atoms with Gasteiger partial charge in [-0.25, -0.2) is 0 Å². The van der Waals surface area contributed by atoms with E-state index in [0.717, 1.165) is 23.9 Å². The second-order valence-electron chi connectivity index (χ2n) is 9.00. The van der Waals surface area contributed by atoms with E-state index in [2.05, 4.69) is 21.0 Å². The van der Waals surface area contributed by atoms with E-state index < -0.39 is 0 Å². The summed E-state index contributed by atoms with van der Waals surface area (Å²) in [5.74, 6) is 0. The highest BCUT2D eigenvalue weighted by atomic mass is 16.5. The molecule has 0 bridgehead atoms. The van der Waals surface area contributed by atoms with Crippen molar-refractivity contribution in [1.82, 2.24) is 0 Å². The van der Waals surface area contributed by atoms with Crippen LogP contribution >= 0.6 is 0 Å². The molecule has 0 saturated heterocycles. The molecule has 25 heavy (non-hydrogen) atoms. The van der Waals surface area contributed by atoms with Crippen molar-refractivity contribution in [2.45, 2.75) is 122 Å². The Balaban J connectivity index is 1.82. The van der Waals surface area contributed by atoms with Crippen LogP contribution in [0.25, 0.3) is 0 Å². The third-order valence-corrected chi connectivity index (χ3v) is 6.13. The number of unbranched alkanes of at least 4 members (excludes halogenated alkanes) is 11. The van der Waals surface area contributed by atoms with Crippen LogP contribution in [0.4, 0.5) is 0 Å². The van der Waals surface area contributed by atoms with Gasteiger partial charge in [0, 0.05) is 0 Å². The predicted octanol–water partition coefficient (Wildman–Crippen LogP) is 7.07. The fraction of sp³-hybridized carbons (Fsp3) is 1.00. The summed E-state index contributed by atoms with van der Waals surface area (Å²) in [7, 11) is 4.72. The Bertz CT molecular complexity index is 284. The first-order valence-electron chi connectivity index (χ1n) is 11.6. The van der Waals surface area contributed by atoms with Gasteiger partial charge in [0.1, 0.15) is 0 Å². The van der Waals surface area contributed by atoms with Gasteiger partial charge in [-0.2, -0.15) is 0 Å². The van der Waals surface area contributed by atoms with E-state index in [1.807, 2.05) is 0 Å². The molecule has 0 aromatic heterocycles. The van der Waals surface area contributed by atoms with Gasteiger partial charge in [-0.1, -0.05) is 84.0 Å². The van der Waals surface area contributed by atoms with E-state index in [1.54, 1.807) is 0 Å². The van der Waals surface area contributed by atoms with Crippen molar-refractivity contribution < 1.29 is 9.22 Å². The highest BCUT2D eigenvalue weighted by molar-refractivity contribution is 4.65.